The SMILES string of the molecule is C=C(C(=O)OCC)c1cc(-c2cc3c(cc2C)C(C)(C)CCC3(C)C)ccc1OC. The average Bonchev–Trinajstić information content (AvgIpc) is 2.70. The van der Waals surface area contributed by atoms with Crippen LogP contribution in [0.15, 0.2) is 36.9 Å². The molecule has 3 rings (SSSR count). The third kappa shape index (κ3) is 3.90. The van der Waals surface area contributed by atoms with Crippen molar-refractivity contribution in [3.63, 3.8) is 0 Å². The van der Waals surface area contributed by atoms with E-state index < -0.39 is 5.97 Å². The highest BCUT2D eigenvalue weighted by Gasteiger charge is 2.37. The number of ether oxygens (including phenoxy) is 2. The fourth-order valence-corrected chi connectivity index (χ4v) is 4.47. The highest BCUT2D eigenvalue weighted by Crippen LogP contribution is 2.48. The summed E-state index contributed by atoms with van der Waals surface area (Å²) in [4.78, 5) is 12.3. The van der Waals surface area contributed by atoms with Crippen LogP contribution >= 0.6 is 0 Å². The predicted octanol–water partition coefficient (Wildman–Crippen LogP) is 6.60. The normalized spacial score (nSPS) is 16.5. The number of hydrogen-bond acceptors (Lipinski definition) is 3. The maximum absolute atomic E-state index is 12.3. The Morgan fingerprint density at radius 1 is 1.03 bits per heavy atom. The van der Waals surface area contributed by atoms with Crippen LogP contribution in [0.2, 0.25) is 0 Å². The molecule has 0 heterocycles. The summed E-state index contributed by atoms with van der Waals surface area (Å²) >= 11 is 0. The molecule has 160 valence electrons. The monoisotopic (exact) mass is 406 g/mol. The summed E-state index contributed by atoms with van der Waals surface area (Å²) < 4.78 is 10.7. The van der Waals surface area contributed by atoms with Crippen LogP contribution in [0.5, 0.6) is 5.75 Å². The average molecular weight is 407 g/mol. The molecule has 0 fully saturated rings. The second-order valence-corrected chi connectivity index (χ2v) is 9.59. The van der Waals surface area contributed by atoms with Gasteiger partial charge in [0.25, 0.3) is 0 Å². The van der Waals surface area contributed by atoms with Gasteiger partial charge in [0.2, 0.25) is 0 Å². The lowest BCUT2D eigenvalue weighted by Gasteiger charge is -2.42. The smallest absolute Gasteiger partial charge is 0.338 e. The van der Waals surface area contributed by atoms with E-state index in [1.54, 1.807) is 14.0 Å². The van der Waals surface area contributed by atoms with Gasteiger partial charge in [-0.05, 0) is 77.5 Å². The summed E-state index contributed by atoms with van der Waals surface area (Å²) in [6.45, 7) is 17.6. The van der Waals surface area contributed by atoms with Crippen molar-refractivity contribution in [1.82, 2.24) is 0 Å². The maximum Gasteiger partial charge on any atom is 0.338 e. The van der Waals surface area contributed by atoms with Crippen LogP contribution in [0.25, 0.3) is 16.7 Å². The van der Waals surface area contributed by atoms with Gasteiger partial charge in [0.15, 0.2) is 0 Å². The van der Waals surface area contributed by atoms with Crippen LogP contribution < -0.4 is 4.74 Å². The lowest BCUT2D eigenvalue weighted by atomic mass is 9.62. The van der Waals surface area contributed by atoms with Gasteiger partial charge in [0.05, 0.1) is 19.3 Å². The maximum atomic E-state index is 12.3. The summed E-state index contributed by atoms with van der Waals surface area (Å²) in [5.74, 6) is 0.201. The molecule has 0 saturated heterocycles. The number of rotatable bonds is 5. The first-order valence-corrected chi connectivity index (χ1v) is 10.7. The first kappa shape index (κ1) is 22.1. The number of benzene rings is 2. The van der Waals surface area contributed by atoms with Crippen LogP contribution in [0, 0.1) is 6.92 Å². The number of aryl methyl sites for hydroxylation is 1. The summed E-state index contributed by atoms with van der Waals surface area (Å²) in [6.07, 6.45) is 2.36. The van der Waals surface area contributed by atoms with Crippen molar-refractivity contribution < 1.29 is 14.3 Å². The molecule has 0 atom stereocenters. The Hall–Kier alpha value is -2.55. The number of fused-ring (bicyclic) bond motifs is 1. The van der Waals surface area contributed by atoms with Crippen molar-refractivity contribution in [2.24, 2.45) is 0 Å². The lowest BCUT2D eigenvalue weighted by Crippen LogP contribution is -2.34. The molecule has 1 aliphatic carbocycles. The quantitative estimate of drug-likeness (QED) is 0.415. The van der Waals surface area contributed by atoms with Crippen LogP contribution in [0.3, 0.4) is 0 Å². The molecule has 0 amide bonds. The zero-order chi connectivity index (χ0) is 22.3. The number of carbonyl (C=O) groups excluding carboxylic acids is 1. The van der Waals surface area contributed by atoms with E-state index in [2.05, 4.69) is 59.4 Å². The van der Waals surface area contributed by atoms with Crippen molar-refractivity contribution in [2.45, 2.75) is 65.2 Å². The summed E-state index contributed by atoms with van der Waals surface area (Å²) in [6, 6.07) is 10.7. The fourth-order valence-electron chi connectivity index (χ4n) is 4.47. The summed E-state index contributed by atoms with van der Waals surface area (Å²) in [5, 5.41) is 0. The number of carbonyl (C=O) groups is 1. The van der Waals surface area contributed by atoms with E-state index in [-0.39, 0.29) is 10.8 Å². The molecular formula is C27H34O3. The van der Waals surface area contributed by atoms with E-state index >= 15 is 0 Å². The van der Waals surface area contributed by atoms with Gasteiger partial charge in [0, 0.05) is 5.56 Å². The van der Waals surface area contributed by atoms with E-state index in [4.69, 9.17) is 9.47 Å². The zero-order valence-corrected chi connectivity index (χ0v) is 19.4. The fraction of sp³-hybridized carbons (Fsp3) is 0.444. The van der Waals surface area contributed by atoms with Gasteiger partial charge in [0.1, 0.15) is 5.75 Å². The van der Waals surface area contributed by atoms with Crippen molar-refractivity contribution in [2.75, 3.05) is 13.7 Å². The van der Waals surface area contributed by atoms with Crippen LogP contribution in [-0.4, -0.2) is 19.7 Å². The number of esters is 1. The molecule has 2 aromatic carbocycles. The van der Waals surface area contributed by atoms with E-state index in [0.29, 0.717) is 23.5 Å². The van der Waals surface area contributed by atoms with Gasteiger partial charge in [-0.1, -0.05) is 52.5 Å². The van der Waals surface area contributed by atoms with E-state index in [1.165, 1.54) is 35.1 Å². The first-order valence-electron chi connectivity index (χ1n) is 10.7. The molecule has 0 aromatic heterocycles. The molecular weight excluding hydrogens is 372 g/mol. The topological polar surface area (TPSA) is 35.5 Å². The van der Waals surface area contributed by atoms with Crippen molar-refractivity contribution >= 4 is 11.5 Å². The zero-order valence-electron chi connectivity index (χ0n) is 19.4. The molecule has 30 heavy (non-hydrogen) atoms. The molecule has 0 aliphatic heterocycles. The Balaban J connectivity index is 2.16. The minimum absolute atomic E-state index is 0.136. The molecule has 0 bridgehead atoms. The second kappa shape index (κ2) is 7.94. The summed E-state index contributed by atoms with van der Waals surface area (Å²) in [7, 11) is 1.60. The summed E-state index contributed by atoms with van der Waals surface area (Å²) in [5.41, 5.74) is 7.63. The molecule has 0 N–H and O–H groups in total. The van der Waals surface area contributed by atoms with Gasteiger partial charge in [-0.3, -0.25) is 0 Å². The first-order chi connectivity index (χ1) is 14.0. The molecule has 2 aromatic rings. The van der Waals surface area contributed by atoms with Crippen molar-refractivity contribution in [1.29, 1.82) is 0 Å². The third-order valence-electron chi connectivity index (χ3n) is 6.56. The molecule has 0 unspecified atom stereocenters. The second-order valence-electron chi connectivity index (χ2n) is 9.59. The predicted molar refractivity (Wildman–Crippen MR) is 124 cm³/mol. The highest BCUT2D eigenvalue weighted by atomic mass is 16.5. The Morgan fingerprint density at radius 2 is 1.63 bits per heavy atom. The van der Waals surface area contributed by atoms with Gasteiger partial charge in [-0.15, -0.1) is 0 Å². The minimum atomic E-state index is -0.419. The van der Waals surface area contributed by atoms with Crippen LogP contribution in [0.4, 0.5) is 0 Å². The van der Waals surface area contributed by atoms with Crippen molar-refractivity contribution in [3.05, 3.63) is 59.2 Å². The van der Waals surface area contributed by atoms with Gasteiger partial charge < -0.3 is 9.47 Å². The Bertz CT molecular complexity index is 995. The molecule has 1 aliphatic rings. The van der Waals surface area contributed by atoms with E-state index in [1.807, 2.05) is 12.1 Å². The molecule has 3 nitrogen and oxygen atoms in total. The Kier molecular flexibility index (Phi) is 5.86. The lowest BCUT2D eigenvalue weighted by molar-refractivity contribution is -0.136. The third-order valence-corrected chi connectivity index (χ3v) is 6.56. The molecule has 0 saturated carbocycles. The van der Waals surface area contributed by atoms with E-state index in [9.17, 15) is 4.79 Å². The minimum Gasteiger partial charge on any atom is -0.496 e. The molecule has 3 heteroatoms. The van der Waals surface area contributed by atoms with E-state index in [0.717, 1.165) is 5.56 Å². The molecule has 0 spiro atoms. The highest BCUT2D eigenvalue weighted by molar-refractivity contribution is 6.16. The van der Waals surface area contributed by atoms with Crippen LogP contribution in [0.1, 0.15) is 69.7 Å². The van der Waals surface area contributed by atoms with Gasteiger partial charge in [-0.2, -0.15) is 0 Å². The van der Waals surface area contributed by atoms with Gasteiger partial charge >= 0.3 is 5.97 Å². The van der Waals surface area contributed by atoms with Crippen molar-refractivity contribution in [3.8, 4) is 16.9 Å². The molecule has 0 radical (unpaired) electrons. The Labute approximate surface area is 181 Å². The Morgan fingerprint density at radius 3 is 2.20 bits per heavy atom. The van der Waals surface area contributed by atoms with Crippen LogP contribution in [-0.2, 0) is 20.4 Å². The standard InChI is InChI=1S/C27H34O3/c1-9-30-25(28)18(3)21-15-19(10-11-24(21)29-8)20-16-23-22(14-17(20)2)26(4,5)12-13-27(23,6)7/h10-11,14-16H,3,9,12-13H2,1-2,4-8H3. The van der Waals surface area contributed by atoms with Gasteiger partial charge in [-0.25, -0.2) is 4.79 Å². The number of hydrogen-bond donors (Lipinski definition) is 0. The number of methoxy groups -OCH3 is 1. The largest absolute Gasteiger partial charge is 0.496 e.